The Labute approximate surface area is 199 Å². The number of allylic oxidation sites excluding steroid dienone is 1. The topological polar surface area (TPSA) is 66.5 Å². The summed E-state index contributed by atoms with van der Waals surface area (Å²) < 4.78 is 44.6. The highest BCUT2D eigenvalue weighted by atomic mass is 35.5. The first-order chi connectivity index (χ1) is 15.8. The number of carbonyl (C=O) groups excluding carboxylic acids is 3. The maximum absolute atomic E-state index is 14.9. The van der Waals surface area contributed by atoms with Crippen LogP contribution in [0.3, 0.4) is 0 Å². The number of alkyl halides is 3. The van der Waals surface area contributed by atoms with Crippen LogP contribution in [0.5, 0.6) is 0 Å². The summed E-state index contributed by atoms with van der Waals surface area (Å²) in [5, 5.41) is 1.81. The lowest BCUT2D eigenvalue weighted by atomic mass is 9.72. The highest BCUT2D eigenvalue weighted by molar-refractivity contribution is 6.34. The van der Waals surface area contributed by atoms with Gasteiger partial charge in [0.05, 0.1) is 16.2 Å². The normalized spacial score (nSPS) is 22.1. The SMILES string of the molecule is Cc1ccc(N2C(=O)[C@@](NC(=O)c3ccccc3Cl)(C(F)(F)F)C3=C2CC(C)(C)CC3=O)cc1. The number of rotatable bonds is 3. The minimum Gasteiger partial charge on any atom is -0.326 e. The van der Waals surface area contributed by atoms with Crippen LogP contribution in [-0.2, 0) is 9.59 Å². The van der Waals surface area contributed by atoms with E-state index in [1.807, 2.05) is 5.32 Å². The van der Waals surface area contributed by atoms with E-state index in [0.29, 0.717) is 0 Å². The van der Waals surface area contributed by atoms with E-state index in [4.69, 9.17) is 11.6 Å². The number of hydrogen-bond acceptors (Lipinski definition) is 3. The van der Waals surface area contributed by atoms with Gasteiger partial charge in [0.15, 0.2) is 5.78 Å². The quantitative estimate of drug-likeness (QED) is 0.629. The van der Waals surface area contributed by atoms with Crippen LogP contribution < -0.4 is 10.2 Å². The number of amides is 2. The second-order valence-corrected chi connectivity index (χ2v) is 9.83. The molecule has 34 heavy (non-hydrogen) atoms. The summed E-state index contributed by atoms with van der Waals surface area (Å²) in [6, 6.07) is 11.9. The summed E-state index contributed by atoms with van der Waals surface area (Å²) in [5.74, 6) is -3.47. The lowest BCUT2D eigenvalue weighted by Gasteiger charge is -2.35. The molecule has 1 N–H and O–H groups in total. The molecule has 4 rings (SSSR count). The zero-order chi connectivity index (χ0) is 25.1. The van der Waals surface area contributed by atoms with Gasteiger partial charge in [-0.1, -0.05) is 55.3 Å². The number of aryl methyl sites for hydroxylation is 1. The van der Waals surface area contributed by atoms with Crippen molar-refractivity contribution in [2.45, 2.75) is 45.3 Å². The first kappa shape index (κ1) is 24.0. The average molecular weight is 491 g/mol. The molecule has 2 amide bonds. The fourth-order valence-electron chi connectivity index (χ4n) is 4.60. The van der Waals surface area contributed by atoms with Crippen LogP contribution in [0.15, 0.2) is 59.8 Å². The van der Waals surface area contributed by atoms with Crippen molar-refractivity contribution in [3.8, 4) is 0 Å². The highest BCUT2D eigenvalue weighted by Crippen LogP contribution is 2.52. The molecule has 2 aliphatic rings. The monoisotopic (exact) mass is 490 g/mol. The van der Waals surface area contributed by atoms with E-state index in [-0.39, 0.29) is 34.8 Å². The van der Waals surface area contributed by atoms with E-state index in [2.05, 4.69) is 0 Å². The van der Waals surface area contributed by atoms with Gasteiger partial charge in [0, 0.05) is 17.8 Å². The third-order valence-corrected chi connectivity index (χ3v) is 6.49. The number of ketones is 1. The van der Waals surface area contributed by atoms with Gasteiger partial charge in [0.1, 0.15) is 0 Å². The summed E-state index contributed by atoms with van der Waals surface area (Å²) in [7, 11) is 0. The van der Waals surface area contributed by atoms with Crippen molar-refractivity contribution in [2.75, 3.05) is 4.90 Å². The predicted molar refractivity (Wildman–Crippen MR) is 121 cm³/mol. The molecule has 2 aromatic rings. The number of nitrogens with zero attached hydrogens (tertiary/aromatic N) is 1. The van der Waals surface area contributed by atoms with Gasteiger partial charge in [-0.15, -0.1) is 0 Å². The van der Waals surface area contributed by atoms with Crippen molar-refractivity contribution >= 4 is 34.9 Å². The molecule has 1 aliphatic heterocycles. The number of halogens is 4. The van der Waals surface area contributed by atoms with Crippen LogP contribution in [-0.4, -0.2) is 29.3 Å². The Bertz CT molecular complexity index is 1230. The Hall–Kier alpha value is -3.13. The van der Waals surface area contributed by atoms with Gasteiger partial charge in [-0.2, -0.15) is 13.2 Å². The molecular weight excluding hydrogens is 469 g/mol. The van der Waals surface area contributed by atoms with Gasteiger partial charge in [0.2, 0.25) is 5.54 Å². The molecule has 2 aromatic carbocycles. The minimum absolute atomic E-state index is 0.0491. The summed E-state index contributed by atoms with van der Waals surface area (Å²) in [4.78, 5) is 40.8. The van der Waals surface area contributed by atoms with Gasteiger partial charge in [-0.3, -0.25) is 19.3 Å². The third kappa shape index (κ3) is 3.70. The Morgan fingerprint density at radius 3 is 2.24 bits per heavy atom. The molecule has 0 spiro atoms. The highest BCUT2D eigenvalue weighted by Gasteiger charge is 2.72. The second kappa shape index (κ2) is 7.98. The first-order valence-corrected chi connectivity index (χ1v) is 11.0. The zero-order valence-electron chi connectivity index (χ0n) is 18.7. The van der Waals surface area contributed by atoms with Crippen LogP contribution in [0.1, 0.15) is 42.6 Å². The Morgan fingerprint density at radius 2 is 1.65 bits per heavy atom. The van der Waals surface area contributed by atoms with Crippen LogP contribution in [0.2, 0.25) is 5.02 Å². The maximum atomic E-state index is 14.9. The van der Waals surface area contributed by atoms with Gasteiger partial charge >= 0.3 is 6.18 Å². The Balaban J connectivity index is 1.95. The fourth-order valence-corrected chi connectivity index (χ4v) is 4.82. The summed E-state index contributed by atoms with van der Waals surface area (Å²) >= 11 is 6.03. The average Bonchev–Trinajstić information content (AvgIpc) is 2.96. The van der Waals surface area contributed by atoms with Crippen LogP contribution >= 0.6 is 11.6 Å². The number of hydrogen-bond donors (Lipinski definition) is 1. The predicted octanol–water partition coefficient (Wildman–Crippen LogP) is 5.37. The Morgan fingerprint density at radius 1 is 1.03 bits per heavy atom. The minimum atomic E-state index is -5.29. The molecule has 0 aromatic heterocycles. The van der Waals surface area contributed by atoms with Crippen molar-refractivity contribution in [1.82, 2.24) is 5.32 Å². The van der Waals surface area contributed by atoms with Crippen LogP contribution in [0, 0.1) is 12.3 Å². The summed E-state index contributed by atoms with van der Waals surface area (Å²) in [6.45, 7) is 5.31. The molecular formula is C25H22ClF3N2O3. The molecule has 0 saturated heterocycles. The molecule has 0 fully saturated rings. The van der Waals surface area contributed by atoms with Crippen molar-refractivity contribution in [3.05, 3.63) is 76.0 Å². The van der Waals surface area contributed by atoms with Gasteiger partial charge in [-0.25, -0.2) is 0 Å². The third-order valence-electron chi connectivity index (χ3n) is 6.16. The standard InChI is InChI=1S/C25H22ClF3N2O3/c1-14-8-10-15(11-9-14)31-18-12-23(2,3)13-19(32)20(18)24(22(31)34,25(27,28)29)30-21(33)16-6-4-5-7-17(16)26/h4-11H,12-13H2,1-3H3,(H,30,33)/t24-/m1/s1. The summed E-state index contributed by atoms with van der Waals surface area (Å²) in [5.41, 5.74) is -4.19. The zero-order valence-corrected chi connectivity index (χ0v) is 19.5. The number of benzene rings is 2. The molecule has 1 aliphatic carbocycles. The van der Waals surface area contributed by atoms with Gasteiger partial charge in [-0.05, 0) is 43.0 Å². The van der Waals surface area contributed by atoms with E-state index in [1.54, 1.807) is 32.9 Å². The lowest BCUT2D eigenvalue weighted by Crippen LogP contribution is -2.66. The molecule has 1 atom stereocenters. The number of anilines is 1. The van der Waals surface area contributed by atoms with E-state index >= 15 is 0 Å². The maximum Gasteiger partial charge on any atom is 0.425 e. The van der Waals surface area contributed by atoms with Crippen molar-refractivity contribution in [3.63, 3.8) is 0 Å². The molecule has 178 valence electrons. The van der Waals surface area contributed by atoms with E-state index in [9.17, 15) is 27.6 Å². The van der Waals surface area contributed by atoms with E-state index in [1.165, 1.54) is 36.4 Å². The molecule has 9 heteroatoms. The Kier molecular flexibility index (Phi) is 5.63. The smallest absolute Gasteiger partial charge is 0.326 e. The molecule has 0 saturated carbocycles. The lowest BCUT2D eigenvalue weighted by molar-refractivity contribution is -0.186. The van der Waals surface area contributed by atoms with Gasteiger partial charge < -0.3 is 5.32 Å². The van der Waals surface area contributed by atoms with E-state index in [0.717, 1.165) is 10.5 Å². The molecule has 0 unspecified atom stereocenters. The molecule has 0 bridgehead atoms. The fraction of sp³-hybridized carbons (Fsp3) is 0.320. The number of carbonyl (C=O) groups is 3. The van der Waals surface area contributed by atoms with Crippen LogP contribution in [0.25, 0.3) is 0 Å². The molecule has 5 nitrogen and oxygen atoms in total. The number of nitrogens with one attached hydrogen (secondary N) is 1. The molecule has 1 heterocycles. The van der Waals surface area contributed by atoms with Crippen molar-refractivity contribution in [1.29, 1.82) is 0 Å². The van der Waals surface area contributed by atoms with Crippen molar-refractivity contribution in [2.24, 2.45) is 5.41 Å². The number of Topliss-reactive ketones (excluding diaryl/α,β-unsaturated/α-hetero) is 1. The molecule has 0 radical (unpaired) electrons. The van der Waals surface area contributed by atoms with Gasteiger partial charge in [0.25, 0.3) is 11.8 Å². The van der Waals surface area contributed by atoms with E-state index < -0.39 is 40.3 Å². The first-order valence-electron chi connectivity index (χ1n) is 10.6. The van der Waals surface area contributed by atoms with Crippen molar-refractivity contribution < 1.29 is 27.6 Å². The van der Waals surface area contributed by atoms with Crippen LogP contribution in [0.4, 0.5) is 18.9 Å². The summed E-state index contributed by atoms with van der Waals surface area (Å²) in [6.07, 6.45) is -5.44. The second-order valence-electron chi connectivity index (χ2n) is 9.42. The largest absolute Gasteiger partial charge is 0.425 e.